The largest absolute Gasteiger partial charge is 0.330 e. The molecule has 1 aromatic rings. The van der Waals surface area contributed by atoms with Gasteiger partial charge in [0.15, 0.2) is 0 Å². The second-order valence-corrected chi connectivity index (χ2v) is 5.82. The summed E-state index contributed by atoms with van der Waals surface area (Å²) in [6.07, 6.45) is 4.60. The first kappa shape index (κ1) is 13.0. The highest BCUT2D eigenvalue weighted by atomic mass is 32.1. The van der Waals surface area contributed by atoms with Gasteiger partial charge in [0.1, 0.15) is 0 Å². The van der Waals surface area contributed by atoms with Crippen molar-refractivity contribution in [3.8, 4) is 0 Å². The fourth-order valence-electron chi connectivity index (χ4n) is 2.45. The average Bonchev–Trinajstić information content (AvgIpc) is 2.96. The second kappa shape index (κ2) is 6.47. The van der Waals surface area contributed by atoms with Crippen LogP contribution in [-0.4, -0.2) is 36.1 Å². The molecule has 96 valence electrons. The molecule has 0 aliphatic carbocycles. The van der Waals surface area contributed by atoms with Crippen LogP contribution in [0.2, 0.25) is 0 Å². The summed E-state index contributed by atoms with van der Waals surface area (Å²) in [6, 6.07) is 0. The quantitative estimate of drug-likeness (QED) is 0.842. The first-order valence-corrected chi connectivity index (χ1v) is 7.55. The molecule has 17 heavy (non-hydrogen) atoms. The molecule has 1 atom stereocenters. The van der Waals surface area contributed by atoms with E-state index in [9.17, 15) is 0 Å². The van der Waals surface area contributed by atoms with Crippen molar-refractivity contribution >= 4 is 11.3 Å². The summed E-state index contributed by atoms with van der Waals surface area (Å²) >= 11 is 1.83. The zero-order valence-corrected chi connectivity index (χ0v) is 11.5. The summed E-state index contributed by atoms with van der Waals surface area (Å²) in [5, 5.41) is 3.53. The van der Waals surface area contributed by atoms with Crippen LogP contribution in [0.1, 0.15) is 30.5 Å². The molecular weight excluding hydrogens is 230 g/mol. The molecule has 1 unspecified atom stereocenters. The Morgan fingerprint density at radius 2 is 2.47 bits per heavy atom. The molecule has 0 bridgehead atoms. The molecule has 0 spiro atoms. The van der Waals surface area contributed by atoms with Crippen LogP contribution in [0.25, 0.3) is 0 Å². The Bertz CT molecular complexity index is 337. The molecule has 4 heteroatoms. The van der Waals surface area contributed by atoms with Gasteiger partial charge in [0.25, 0.3) is 0 Å². The van der Waals surface area contributed by atoms with Crippen molar-refractivity contribution in [1.82, 2.24) is 9.88 Å². The molecule has 1 aliphatic rings. The number of nitrogens with two attached hydrogens (primary N) is 1. The number of likely N-dealkylation sites (tertiary alicyclic amines) is 1. The zero-order chi connectivity index (χ0) is 12.1. The number of hydrogen-bond acceptors (Lipinski definition) is 4. The third-order valence-corrected chi connectivity index (χ3v) is 4.44. The van der Waals surface area contributed by atoms with Crippen LogP contribution < -0.4 is 5.73 Å². The number of thiazole rings is 1. The van der Waals surface area contributed by atoms with Gasteiger partial charge in [-0.25, -0.2) is 4.98 Å². The summed E-state index contributed by atoms with van der Waals surface area (Å²) in [5.74, 6) is 0.823. The lowest BCUT2D eigenvalue weighted by Gasteiger charge is -2.11. The lowest BCUT2D eigenvalue weighted by atomic mass is 10.1. The summed E-state index contributed by atoms with van der Waals surface area (Å²) < 4.78 is 0. The number of aromatic nitrogens is 1. The van der Waals surface area contributed by atoms with E-state index in [-0.39, 0.29) is 0 Å². The van der Waals surface area contributed by atoms with Crippen molar-refractivity contribution in [3.63, 3.8) is 0 Å². The maximum atomic E-state index is 5.52. The van der Waals surface area contributed by atoms with E-state index in [0.717, 1.165) is 25.3 Å². The predicted octanol–water partition coefficient (Wildman–Crippen LogP) is 1.92. The van der Waals surface area contributed by atoms with Crippen molar-refractivity contribution in [2.75, 3.05) is 26.2 Å². The van der Waals surface area contributed by atoms with Crippen LogP contribution in [-0.2, 0) is 12.8 Å². The minimum absolute atomic E-state index is 0.765. The van der Waals surface area contributed by atoms with Crippen LogP contribution in [0.5, 0.6) is 0 Å². The molecule has 0 aromatic carbocycles. The first-order chi connectivity index (χ1) is 8.31. The number of nitrogens with zero attached hydrogens (tertiary/aromatic N) is 2. The van der Waals surface area contributed by atoms with Gasteiger partial charge < -0.3 is 10.6 Å². The van der Waals surface area contributed by atoms with E-state index >= 15 is 0 Å². The van der Waals surface area contributed by atoms with E-state index in [1.165, 1.54) is 43.2 Å². The van der Waals surface area contributed by atoms with Gasteiger partial charge in [0.2, 0.25) is 0 Å². The fourth-order valence-corrected chi connectivity index (χ4v) is 3.40. The maximum Gasteiger partial charge on any atom is 0.0931 e. The minimum atomic E-state index is 0.765. The Hall–Kier alpha value is -0.450. The van der Waals surface area contributed by atoms with Gasteiger partial charge in [-0.15, -0.1) is 11.3 Å². The monoisotopic (exact) mass is 253 g/mol. The highest BCUT2D eigenvalue weighted by Crippen LogP contribution is 2.22. The minimum Gasteiger partial charge on any atom is -0.330 e. The van der Waals surface area contributed by atoms with Crippen LogP contribution >= 0.6 is 11.3 Å². The highest BCUT2D eigenvalue weighted by molar-refractivity contribution is 7.09. The van der Waals surface area contributed by atoms with Gasteiger partial charge in [0.05, 0.1) is 10.7 Å². The van der Waals surface area contributed by atoms with Gasteiger partial charge in [0, 0.05) is 18.3 Å². The Morgan fingerprint density at radius 1 is 1.59 bits per heavy atom. The van der Waals surface area contributed by atoms with Crippen LogP contribution in [0.4, 0.5) is 0 Å². The van der Waals surface area contributed by atoms with E-state index in [1.807, 2.05) is 11.3 Å². The number of rotatable bonds is 6. The van der Waals surface area contributed by atoms with E-state index in [1.54, 1.807) is 0 Å². The molecule has 2 N–H and O–H groups in total. The second-order valence-electron chi connectivity index (χ2n) is 4.88. The Morgan fingerprint density at radius 3 is 3.18 bits per heavy atom. The summed E-state index contributed by atoms with van der Waals surface area (Å²) in [5.41, 5.74) is 6.75. The molecule has 2 heterocycles. The maximum absolute atomic E-state index is 5.52. The topological polar surface area (TPSA) is 42.2 Å². The average molecular weight is 253 g/mol. The van der Waals surface area contributed by atoms with Gasteiger partial charge in [-0.1, -0.05) is 6.92 Å². The Balaban J connectivity index is 1.80. The van der Waals surface area contributed by atoms with Crippen molar-refractivity contribution in [1.29, 1.82) is 0 Å². The van der Waals surface area contributed by atoms with E-state index in [0.29, 0.717) is 0 Å². The highest BCUT2D eigenvalue weighted by Gasteiger charge is 2.22. The molecule has 0 radical (unpaired) electrons. The third-order valence-electron chi connectivity index (χ3n) is 3.52. The normalized spacial score (nSPS) is 21.2. The van der Waals surface area contributed by atoms with Crippen molar-refractivity contribution < 1.29 is 0 Å². The molecule has 1 aromatic heterocycles. The molecule has 0 amide bonds. The van der Waals surface area contributed by atoms with E-state index in [2.05, 4.69) is 17.2 Å². The lowest BCUT2D eigenvalue weighted by molar-refractivity contribution is 0.342. The Labute approximate surface area is 108 Å². The predicted molar refractivity (Wildman–Crippen MR) is 73.4 cm³/mol. The van der Waals surface area contributed by atoms with Crippen LogP contribution in [0.15, 0.2) is 5.38 Å². The van der Waals surface area contributed by atoms with Crippen LogP contribution in [0.3, 0.4) is 0 Å². The van der Waals surface area contributed by atoms with Gasteiger partial charge in [-0.05, 0) is 44.8 Å². The van der Waals surface area contributed by atoms with Crippen LogP contribution in [0, 0.1) is 5.92 Å². The Kier molecular flexibility index (Phi) is 4.95. The zero-order valence-electron chi connectivity index (χ0n) is 10.7. The molecule has 3 nitrogen and oxygen atoms in total. The van der Waals surface area contributed by atoms with Gasteiger partial charge >= 0.3 is 0 Å². The standard InChI is InChI=1S/C13H23N3S/c1-2-16-7-5-11(9-16)8-13-15-12(10-17-13)4-3-6-14/h10-11H,2-9,14H2,1H3. The van der Waals surface area contributed by atoms with Crippen molar-refractivity contribution in [3.05, 3.63) is 16.1 Å². The fraction of sp³-hybridized carbons (Fsp3) is 0.769. The molecule has 1 saturated heterocycles. The van der Waals surface area contributed by atoms with E-state index in [4.69, 9.17) is 10.7 Å². The lowest BCUT2D eigenvalue weighted by Crippen LogP contribution is -2.20. The van der Waals surface area contributed by atoms with Gasteiger partial charge in [-0.3, -0.25) is 0 Å². The van der Waals surface area contributed by atoms with E-state index < -0.39 is 0 Å². The van der Waals surface area contributed by atoms with Crippen molar-refractivity contribution in [2.24, 2.45) is 11.7 Å². The smallest absolute Gasteiger partial charge is 0.0931 e. The van der Waals surface area contributed by atoms with Gasteiger partial charge in [-0.2, -0.15) is 0 Å². The molecule has 1 fully saturated rings. The first-order valence-electron chi connectivity index (χ1n) is 6.67. The summed E-state index contributed by atoms with van der Waals surface area (Å²) in [6.45, 7) is 6.73. The molecule has 2 rings (SSSR count). The summed E-state index contributed by atoms with van der Waals surface area (Å²) in [4.78, 5) is 7.24. The molecule has 0 saturated carbocycles. The molecule has 1 aliphatic heterocycles. The number of hydrogen-bond donors (Lipinski definition) is 1. The van der Waals surface area contributed by atoms with Crippen molar-refractivity contribution in [2.45, 2.75) is 32.6 Å². The number of aryl methyl sites for hydroxylation is 1. The summed E-state index contributed by atoms with van der Waals surface area (Å²) in [7, 11) is 0. The SMILES string of the molecule is CCN1CCC(Cc2nc(CCCN)cs2)C1. The third kappa shape index (κ3) is 3.76. The molecular formula is C13H23N3S.